The van der Waals surface area contributed by atoms with Crippen LogP contribution in [0, 0.1) is 5.92 Å². The predicted molar refractivity (Wildman–Crippen MR) is 63.0 cm³/mol. The number of halogens is 1. The first kappa shape index (κ1) is 12.0. The molecule has 1 rings (SSSR count). The molecule has 1 nitrogen and oxygen atoms in total. The largest absolute Gasteiger partial charge is 0.388 e. The molecule has 0 aliphatic heterocycles. The first-order chi connectivity index (χ1) is 6.65. The zero-order valence-corrected chi connectivity index (χ0v) is 10.2. The number of hydrogen-bond donors (Lipinski definition) is 1. The van der Waals surface area contributed by atoms with Crippen LogP contribution in [-0.4, -0.2) is 5.11 Å². The molecule has 0 saturated carbocycles. The van der Waals surface area contributed by atoms with Gasteiger partial charge in [-0.25, -0.2) is 0 Å². The molecule has 80 valence electrons. The van der Waals surface area contributed by atoms with E-state index in [9.17, 15) is 5.11 Å². The van der Waals surface area contributed by atoms with Gasteiger partial charge < -0.3 is 5.11 Å². The molecule has 0 radical (unpaired) electrons. The molecule has 0 aromatic carbocycles. The van der Waals surface area contributed by atoms with E-state index < -0.39 is 0 Å². The molecule has 1 aromatic heterocycles. The Kier molecular flexibility index (Phi) is 4.93. The molecule has 0 spiro atoms. The minimum atomic E-state index is -0.385. The summed E-state index contributed by atoms with van der Waals surface area (Å²) in [5.74, 6) is 0.563. The van der Waals surface area contributed by atoms with Crippen LogP contribution in [0.2, 0.25) is 5.02 Å². The molecular formula is C11H17ClOS. The first-order valence-corrected chi connectivity index (χ1v) is 6.31. The Hall–Kier alpha value is -0.0500. The van der Waals surface area contributed by atoms with Gasteiger partial charge in [0.25, 0.3) is 0 Å². The van der Waals surface area contributed by atoms with Crippen LogP contribution in [0.5, 0.6) is 0 Å². The highest BCUT2D eigenvalue weighted by molar-refractivity contribution is 7.10. The van der Waals surface area contributed by atoms with Crippen molar-refractivity contribution in [1.29, 1.82) is 0 Å². The van der Waals surface area contributed by atoms with Gasteiger partial charge in [0, 0.05) is 0 Å². The summed E-state index contributed by atoms with van der Waals surface area (Å²) in [6.07, 6.45) is 2.77. The van der Waals surface area contributed by atoms with E-state index in [4.69, 9.17) is 11.6 Å². The lowest BCUT2D eigenvalue weighted by molar-refractivity contribution is 0.148. The van der Waals surface area contributed by atoms with Crippen LogP contribution in [0.15, 0.2) is 11.4 Å². The summed E-state index contributed by atoms with van der Waals surface area (Å²) in [6, 6.07) is 1.84. The van der Waals surface area contributed by atoms with Gasteiger partial charge in [0.05, 0.1) is 16.0 Å². The third-order valence-electron chi connectivity index (χ3n) is 2.35. The van der Waals surface area contributed by atoms with Gasteiger partial charge in [0.1, 0.15) is 0 Å². The van der Waals surface area contributed by atoms with Crippen molar-refractivity contribution in [2.24, 2.45) is 5.92 Å². The van der Waals surface area contributed by atoms with Gasteiger partial charge in [-0.1, -0.05) is 38.3 Å². The lowest BCUT2D eigenvalue weighted by Gasteiger charge is -2.14. The number of rotatable bonds is 5. The summed E-state index contributed by atoms with van der Waals surface area (Å²) in [7, 11) is 0. The topological polar surface area (TPSA) is 20.2 Å². The van der Waals surface area contributed by atoms with Crippen LogP contribution in [-0.2, 0) is 0 Å². The smallest absolute Gasteiger partial charge is 0.0899 e. The number of aliphatic hydroxyl groups excluding tert-OH is 1. The third-order valence-corrected chi connectivity index (χ3v) is 3.81. The fourth-order valence-corrected chi connectivity index (χ4v) is 2.82. The van der Waals surface area contributed by atoms with Gasteiger partial charge in [-0.3, -0.25) is 0 Å². The number of aliphatic hydroxyl groups is 1. The summed E-state index contributed by atoms with van der Waals surface area (Å²) < 4.78 is 0. The van der Waals surface area contributed by atoms with Crippen molar-refractivity contribution in [3.8, 4) is 0 Å². The van der Waals surface area contributed by atoms with Crippen molar-refractivity contribution in [2.75, 3.05) is 0 Å². The zero-order valence-electron chi connectivity index (χ0n) is 8.66. The van der Waals surface area contributed by atoms with Crippen LogP contribution in [0.4, 0.5) is 0 Å². The molecule has 1 N–H and O–H groups in total. The van der Waals surface area contributed by atoms with Gasteiger partial charge in [0.2, 0.25) is 0 Å². The molecule has 0 amide bonds. The van der Waals surface area contributed by atoms with E-state index >= 15 is 0 Å². The Balaban J connectivity index is 2.50. The van der Waals surface area contributed by atoms with Crippen LogP contribution in [0.3, 0.4) is 0 Å². The summed E-state index contributed by atoms with van der Waals surface area (Å²) in [4.78, 5) is 0.912. The molecule has 2 unspecified atom stereocenters. The fourth-order valence-electron chi connectivity index (χ4n) is 1.64. The highest BCUT2D eigenvalue weighted by atomic mass is 35.5. The SMILES string of the molecule is CCCC(C)CC(O)c1sccc1Cl. The predicted octanol–water partition coefficient (Wildman–Crippen LogP) is 4.26. The maximum absolute atomic E-state index is 9.91. The van der Waals surface area contributed by atoms with E-state index in [1.165, 1.54) is 24.2 Å². The Morgan fingerprint density at radius 2 is 2.29 bits per heavy atom. The van der Waals surface area contributed by atoms with E-state index in [-0.39, 0.29) is 6.10 Å². The lowest BCUT2D eigenvalue weighted by atomic mass is 9.98. The summed E-state index contributed by atoms with van der Waals surface area (Å²) >= 11 is 7.48. The van der Waals surface area contributed by atoms with Crippen molar-refractivity contribution in [3.05, 3.63) is 21.3 Å². The fraction of sp³-hybridized carbons (Fsp3) is 0.636. The molecule has 0 bridgehead atoms. The average Bonchev–Trinajstić information content (AvgIpc) is 2.51. The number of hydrogen-bond acceptors (Lipinski definition) is 2. The molecule has 2 atom stereocenters. The summed E-state index contributed by atoms with van der Waals surface area (Å²) in [5, 5.41) is 12.5. The van der Waals surface area contributed by atoms with Crippen molar-refractivity contribution < 1.29 is 5.11 Å². The second-order valence-electron chi connectivity index (χ2n) is 3.78. The van der Waals surface area contributed by atoms with Crippen LogP contribution >= 0.6 is 22.9 Å². The molecule has 0 saturated heterocycles. The molecule has 0 aliphatic rings. The van der Waals surface area contributed by atoms with Gasteiger partial charge in [0.15, 0.2) is 0 Å². The van der Waals surface area contributed by atoms with Crippen LogP contribution in [0.1, 0.15) is 44.1 Å². The second-order valence-corrected chi connectivity index (χ2v) is 5.13. The quantitative estimate of drug-likeness (QED) is 0.804. The Morgan fingerprint density at radius 3 is 2.79 bits per heavy atom. The van der Waals surface area contributed by atoms with Crippen molar-refractivity contribution in [3.63, 3.8) is 0 Å². The minimum Gasteiger partial charge on any atom is -0.388 e. The van der Waals surface area contributed by atoms with Gasteiger partial charge in [-0.15, -0.1) is 11.3 Å². The maximum atomic E-state index is 9.91. The Labute approximate surface area is 94.7 Å². The monoisotopic (exact) mass is 232 g/mol. The van der Waals surface area contributed by atoms with Crippen LogP contribution < -0.4 is 0 Å². The highest BCUT2D eigenvalue weighted by Crippen LogP contribution is 2.32. The van der Waals surface area contributed by atoms with Crippen molar-refractivity contribution >= 4 is 22.9 Å². The molecule has 1 aromatic rings. The van der Waals surface area contributed by atoms with Crippen molar-refractivity contribution in [2.45, 2.75) is 39.2 Å². The van der Waals surface area contributed by atoms with E-state index in [1.54, 1.807) is 0 Å². The molecule has 14 heavy (non-hydrogen) atoms. The van der Waals surface area contributed by atoms with E-state index in [0.717, 1.165) is 11.3 Å². The Bertz CT molecular complexity index is 272. The van der Waals surface area contributed by atoms with Crippen molar-refractivity contribution in [1.82, 2.24) is 0 Å². The average molecular weight is 233 g/mol. The molecule has 3 heteroatoms. The van der Waals surface area contributed by atoms with E-state index in [1.807, 2.05) is 11.4 Å². The molecule has 0 aliphatic carbocycles. The van der Waals surface area contributed by atoms with E-state index in [0.29, 0.717) is 10.9 Å². The summed E-state index contributed by atoms with van der Waals surface area (Å²) in [6.45, 7) is 4.34. The Morgan fingerprint density at radius 1 is 1.57 bits per heavy atom. The van der Waals surface area contributed by atoms with Gasteiger partial charge in [-0.2, -0.15) is 0 Å². The number of thiophene rings is 1. The maximum Gasteiger partial charge on any atom is 0.0899 e. The third kappa shape index (κ3) is 3.26. The van der Waals surface area contributed by atoms with Gasteiger partial charge >= 0.3 is 0 Å². The normalized spacial score (nSPS) is 15.4. The van der Waals surface area contributed by atoms with Crippen LogP contribution in [0.25, 0.3) is 0 Å². The zero-order chi connectivity index (χ0) is 10.6. The minimum absolute atomic E-state index is 0.385. The molecule has 1 heterocycles. The molecule has 0 fully saturated rings. The lowest BCUT2D eigenvalue weighted by Crippen LogP contribution is -2.03. The van der Waals surface area contributed by atoms with E-state index in [2.05, 4.69) is 13.8 Å². The second kappa shape index (κ2) is 5.74. The molecular weight excluding hydrogens is 216 g/mol. The standard InChI is InChI=1S/C11H17ClOS/c1-3-4-8(2)7-10(13)11-9(12)5-6-14-11/h5-6,8,10,13H,3-4,7H2,1-2H3. The van der Waals surface area contributed by atoms with Gasteiger partial charge in [-0.05, 0) is 23.8 Å². The summed E-state index contributed by atoms with van der Waals surface area (Å²) in [5.41, 5.74) is 0. The highest BCUT2D eigenvalue weighted by Gasteiger charge is 2.15. The first-order valence-electron chi connectivity index (χ1n) is 5.06.